The molecule has 0 aromatic carbocycles. The van der Waals surface area contributed by atoms with E-state index in [0.717, 1.165) is 20.3 Å². The molecule has 0 unspecified atom stereocenters. The first kappa shape index (κ1) is 18.6. The molecule has 0 aromatic rings. The van der Waals surface area contributed by atoms with Gasteiger partial charge in [0.05, 0.1) is 19.3 Å². The molecule has 116 valence electrons. The van der Waals surface area contributed by atoms with Crippen molar-refractivity contribution in [2.24, 2.45) is 0 Å². The Morgan fingerprint density at radius 3 is 2.05 bits per heavy atom. The lowest BCUT2D eigenvalue weighted by Gasteiger charge is -2.16. The number of carbonyl (C=O) groups is 2. The Morgan fingerprint density at radius 1 is 1.05 bits per heavy atom. The number of hydrogen-bond donors (Lipinski definition) is 0. The quantitative estimate of drug-likeness (QED) is 0.275. The van der Waals surface area contributed by atoms with Gasteiger partial charge in [-0.3, -0.25) is 13.8 Å². The summed E-state index contributed by atoms with van der Waals surface area (Å²) in [6.07, 6.45) is 0.495. The minimum atomic E-state index is -3.87. The number of hydrogen-bond acceptors (Lipinski definition) is 8. The summed E-state index contributed by atoms with van der Waals surface area (Å²) in [5, 5.41) is 0. The highest BCUT2D eigenvalue weighted by Gasteiger charge is 2.27. The van der Waals surface area contributed by atoms with Crippen LogP contribution in [0.5, 0.6) is 0 Å². The Kier molecular flexibility index (Phi) is 8.87. The van der Waals surface area contributed by atoms with Gasteiger partial charge >= 0.3 is 19.8 Å². The Hall–Kier alpha value is -1.37. The van der Waals surface area contributed by atoms with Crippen molar-refractivity contribution in [1.82, 2.24) is 0 Å². The summed E-state index contributed by atoms with van der Waals surface area (Å²) in [4.78, 5) is 22.7. The normalized spacial score (nSPS) is 11.9. The average Bonchev–Trinajstić information content (AvgIpc) is 2.38. The highest BCUT2D eigenvalue weighted by atomic mass is 31.2. The second kappa shape index (κ2) is 9.52. The van der Waals surface area contributed by atoms with Crippen molar-refractivity contribution in [2.45, 2.75) is 20.3 Å². The molecule has 0 saturated heterocycles. The molecule has 0 heterocycles. The number of esters is 2. The molecule has 0 atom stereocenters. The molecule has 0 rings (SSSR count). The predicted molar refractivity (Wildman–Crippen MR) is 68.7 cm³/mol. The molecule has 0 aliphatic rings. The van der Waals surface area contributed by atoms with Gasteiger partial charge in [0, 0.05) is 14.2 Å². The third-order valence-corrected chi connectivity index (χ3v) is 3.22. The van der Waals surface area contributed by atoms with Gasteiger partial charge in [0.15, 0.2) is 0 Å². The van der Waals surface area contributed by atoms with Gasteiger partial charge in [-0.2, -0.15) is 0 Å². The molecule has 0 spiro atoms. The zero-order valence-electron chi connectivity index (χ0n) is 11.9. The highest BCUT2D eigenvalue weighted by Crippen LogP contribution is 2.50. The molecule has 0 N–H and O–H groups in total. The molecule has 0 aliphatic heterocycles. The van der Waals surface area contributed by atoms with E-state index in [1.807, 2.05) is 0 Å². The van der Waals surface area contributed by atoms with Gasteiger partial charge in [-0.1, -0.05) is 0 Å². The molecule has 9 heteroatoms. The molecule has 0 fully saturated rings. The van der Waals surface area contributed by atoms with Crippen molar-refractivity contribution in [2.75, 3.05) is 27.4 Å². The minimum absolute atomic E-state index is 0.147. The predicted octanol–water partition coefficient (Wildman–Crippen LogP) is 1.80. The third-order valence-electron chi connectivity index (χ3n) is 1.87. The number of phosphoric acid groups is 1. The molecule has 0 amide bonds. The van der Waals surface area contributed by atoms with Crippen LogP contribution in [0.4, 0.5) is 0 Å². The smallest absolute Gasteiger partial charge is 0.466 e. The van der Waals surface area contributed by atoms with Crippen molar-refractivity contribution in [1.29, 1.82) is 0 Å². The summed E-state index contributed by atoms with van der Waals surface area (Å²) < 4.78 is 35.3. The van der Waals surface area contributed by atoms with Crippen LogP contribution in [-0.2, 0) is 37.2 Å². The Balaban J connectivity index is 5.01. The van der Waals surface area contributed by atoms with E-state index in [2.05, 4.69) is 13.8 Å². The number of rotatable bonds is 9. The third kappa shape index (κ3) is 7.28. The molecule has 0 bridgehead atoms. The van der Waals surface area contributed by atoms with Crippen LogP contribution < -0.4 is 0 Å². The molecular weight excluding hydrogens is 291 g/mol. The average molecular weight is 310 g/mol. The fraction of sp³-hybridized carbons (Fsp3) is 0.636. The molecule has 20 heavy (non-hydrogen) atoms. The number of phosphoric ester groups is 1. The first-order valence-corrected chi connectivity index (χ1v) is 7.30. The summed E-state index contributed by atoms with van der Waals surface area (Å²) in [6, 6.07) is 0. The van der Waals surface area contributed by atoms with E-state index in [-0.39, 0.29) is 19.0 Å². The van der Waals surface area contributed by atoms with Gasteiger partial charge < -0.3 is 14.0 Å². The fourth-order valence-electron chi connectivity index (χ4n) is 1.07. The Bertz CT molecular complexity index is 395. The van der Waals surface area contributed by atoms with E-state index >= 15 is 0 Å². The van der Waals surface area contributed by atoms with Gasteiger partial charge in [0.1, 0.15) is 12.2 Å². The van der Waals surface area contributed by atoms with Crippen LogP contribution in [0, 0.1) is 0 Å². The topological polar surface area (TPSA) is 97.4 Å². The van der Waals surface area contributed by atoms with Crippen LogP contribution in [0.15, 0.2) is 11.8 Å². The lowest BCUT2D eigenvalue weighted by Crippen LogP contribution is -2.09. The van der Waals surface area contributed by atoms with Gasteiger partial charge in [0.2, 0.25) is 0 Å². The minimum Gasteiger partial charge on any atom is -0.466 e. The van der Waals surface area contributed by atoms with Crippen molar-refractivity contribution in [3.8, 4) is 0 Å². The van der Waals surface area contributed by atoms with Crippen LogP contribution in [0.25, 0.3) is 0 Å². The van der Waals surface area contributed by atoms with Crippen molar-refractivity contribution in [3.05, 3.63) is 11.8 Å². The van der Waals surface area contributed by atoms with E-state index in [0.29, 0.717) is 0 Å². The zero-order chi connectivity index (χ0) is 15.6. The van der Waals surface area contributed by atoms with E-state index in [9.17, 15) is 14.2 Å². The molecular formula is C11H19O8P. The molecule has 0 saturated carbocycles. The largest absolute Gasteiger partial charge is 0.529 e. The van der Waals surface area contributed by atoms with E-state index < -0.39 is 26.2 Å². The maximum Gasteiger partial charge on any atom is 0.529 e. The van der Waals surface area contributed by atoms with Crippen LogP contribution in [0.2, 0.25) is 0 Å². The van der Waals surface area contributed by atoms with Crippen molar-refractivity contribution >= 4 is 19.8 Å². The highest BCUT2D eigenvalue weighted by molar-refractivity contribution is 7.48. The standard InChI is InChI=1S/C11H19O8P/c1-5-17-10(12)7-9(8-11(13)18-6-2)19-20(14,15-3)16-4/h7H,5-6,8H2,1-4H3/b9-7+. The van der Waals surface area contributed by atoms with Crippen LogP contribution in [0.1, 0.15) is 20.3 Å². The lowest BCUT2D eigenvalue weighted by atomic mass is 10.3. The maximum atomic E-state index is 11.8. The van der Waals surface area contributed by atoms with Crippen molar-refractivity contribution in [3.63, 3.8) is 0 Å². The summed E-state index contributed by atoms with van der Waals surface area (Å²) in [5.74, 6) is -1.62. The van der Waals surface area contributed by atoms with E-state index in [1.54, 1.807) is 13.8 Å². The SMILES string of the molecule is CCOC(=O)/C=C(\CC(=O)OCC)OP(=O)(OC)OC. The Labute approximate surface area is 117 Å². The maximum absolute atomic E-state index is 11.8. The van der Waals surface area contributed by atoms with Crippen LogP contribution in [-0.4, -0.2) is 39.4 Å². The van der Waals surface area contributed by atoms with Gasteiger partial charge in [-0.15, -0.1) is 0 Å². The van der Waals surface area contributed by atoms with Crippen LogP contribution >= 0.6 is 7.82 Å². The molecule has 8 nitrogen and oxygen atoms in total. The van der Waals surface area contributed by atoms with Crippen LogP contribution in [0.3, 0.4) is 0 Å². The second-order valence-electron chi connectivity index (χ2n) is 3.25. The zero-order valence-corrected chi connectivity index (χ0v) is 12.8. The summed E-state index contributed by atoms with van der Waals surface area (Å²) in [6.45, 7) is 3.56. The first-order chi connectivity index (χ1) is 9.40. The summed E-state index contributed by atoms with van der Waals surface area (Å²) in [7, 11) is -1.66. The number of carbonyl (C=O) groups excluding carboxylic acids is 2. The second-order valence-corrected chi connectivity index (χ2v) is 5.06. The molecule has 0 radical (unpaired) electrons. The van der Waals surface area contributed by atoms with Gasteiger partial charge in [-0.25, -0.2) is 9.36 Å². The summed E-state index contributed by atoms with van der Waals surface area (Å²) in [5.41, 5.74) is 0. The first-order valence-electron chi connectivity index (χ1n) is 5.84. The number of ether oxygens (including phenoxy) is 2. The van der Waals surface area contributed by atoms with Gasteiger partial charge in [0.25, 0.3) is 0 Å². The lowest BCUT2D eigenvalue weighted by molar-refractivity contribution is -0.142. The van der Waals surface area contributed by atoms with Crippen molar-refractivity contribution < 1.29 is 37.2 Å². The Morgan fingerprint density at radius 2 is 1.60 bits per heavy atom. The molecule has 0 aromatic heterocycles. The van der Waals surface area contributed by atoms with E-state index in [4.69, 9.17) is 9.26 Å². The fourth-order valence-corrected chi connectivity index (χ4v) is 1.77. The summed E-state index contributed by atoms with van der Waals surface area (Å²) >= 11 is 0. The molecule has 0 aliphatic carbocycles. The van der Waals surface area contributed by atoms with Gasteiger partial charge in [-0.05, 0) is 13.8 Å². The monoisotopic (exact) mass is 310 g/mol. The van der Waals surface area contributed by atoms with E-state index in [1.165, 1.54) is 0 Å².